The van der Waals surface area contributed by atoms with Crippen LogP contribution < -0.4 is 15.0 Å². The van der Waals surface area contributed by atoms with Crippen molar-refractivity contribution < 1.29 is 17.9 Å². The fourth-order valence-corrected chi connectivity index (χ4v) is 2.52. The second-order valence-electron chi connectivity index (χ2n) is 4.73. The van der Waals surface area contributed by atoms with E-state index in [0.717, 1.165) is 38.3 Å². The lowest BCUT2D eigenvalue weighted by Gasteiger charge is -2.35. The van der Waals surface area contributed by atoms with Crippen LogP contribution in [0.2, 0.25) is 0 Å². The van der Waals surface area contributed by atoms with Crippen LogP contribution in [0.15, 0.2) is 12.3 Å². The van der Waals surface area contributed by atoms with Crippen LogP contribution >= 0.6 is 12.4 Å². The Kier molecular flexibility index (Phi) is 4.29. The summed E-state index contributed by atoms with van der Waals surface area (Å²) >= 11 is 0. The van der Waals surface area contributed by atoms with Gasteiger partial charge in [-0.3, -0.25) is 0 Å². The van der Waals surface area contributed by atoms with Crippen LogP contribution in [0.25, 0.3) is 0 Å². The van der Waals surface area contributed by atoms with Crippen LogP contribution in [-0.4, -0.2) is 37.3 Å². The van der Waals surface area contributed by atoms with Gasteiger partial charge in [0.2, 0.25) is 0 Å². The summed E-state index contributed by atoms with van der Waals surface area (Å²) in [7, 11) is 0. The number of nitrogens with zero attached hydrogens (tertiary/aromatic N) is 2. The molecule has 1 saturated heterocycles. The number of hydrogen-bond acceptors (Lipinski definition) is 4. The molecule has 112 valence electrons. The van der Waals surface area contributed by atoms with Crippen molar-refractivity contribution in [3.05, 3.63) is 17.8 Å². The first-order valence-electron chi connectivity index (χ1n) is 6.23. The Hall–Kier alpha value is -1.21. The van der Waals surface area contributed by atoms with Crippen molar-refractivity contribution in [2.75, 3.05) is 31.1 Å². The Balaban J connectivity index is 0.00000147. The van der Waals surface area contributed by atoms with Crippen molar-refractivity contribution in [3.63, 3.8) is 0 Å². The van der Waals surface area contributed by atoms with E-state index in [0.29, 0.717) is 12.4 Å². The summed E-state index contributed by atoms with van der Waals surface area (Å²) in [4.78, 5) is 6.02. The molecule has 1 fully saturated rings. The SMILES string of the molecule is Cl.FC(F)(F)c1cnc2c(c1)OCC[C@@H]1CNCCN21. The Morgan fingerprint density at radius 3 is 2.95 bits per heavy atom. The molecule has 3 heterocycles. The number of fused-ring (bicyclic) bond motifs is 3. The van der Waals surface area contributed by atoms with Crippen LogP contribution in [0, 0.1) is 0 Å². The number of alkyl halides is 3. The third-order valence-corrected chi connectivity index (χ3v) is 3.49. The van der Waals surface area contributed by atoms with Gasteiger partial charge in [0.25, 0.3) is 0 Å². The molecule has 1 atom stereocenters. The average molecular weight is 310 g/mol. The highest BCUT2D eigenvalue weighted by Crippen LogP contribution is 2.37. The van der Waals surface area contributed by atoms with Crippen molar-refractivity contribution in [1.29, 1.82) is 0 Å². The van der Waals surface area contributed by atoms with Gasteiger partial charge in [-0.1, -0.05) is 0 Å². The number of ether oxygens (including phenoxy) is 1. The first-order chi connectivity index (χ1) is 9.05. The average Bonchev–Trinajstić information content (AvgIpc) is 2.56. The number of piperazine rings is 1. The molecular weight excluding hydrogens is 295 g/mol. The first kappa shape index (κ1) is 15.2. The van der Waals surface area contributed by atoms with Gasteiger partial charge in [0.05, 0.1) is 12.2 Å². The number of aromatic nitrogens is 1. The van der Waals surface area contributed by atoms with Crippen molar-refractivity contribution >= 4 is 18.2 Å². The van der Waals surface area contributed by atoms with Gasteiger partial charge in [0.15, 0.2) is 11.6 Å². The predicted octanol–water partition coefficient (Wildman–Crippen LogP) is 2.08. The number of rotatable bonds is 0. The summed E-state index contributed by atoms with van der Waals surface area (Å²) in [5, 5.41) is 3.27. The van der Waals surface area contributed by atoms with Gasteiger partial charge < -0.3 is 15.0 Å². The molecule has 0 saturated carbocycles. The van der Waals surface area contributed by atoms with Crippen molar-refractivity contribution in [2.45, 2.75) is 18.6 Å². The molecular formula is C12H15ClF3N3O. The van der Waals surface area contributed by atoms with E-state index in [1.807, 2.05) is 4.90 Å². The van der Waals surface area contributed by atoms with Crippen molar-refractivity contribution in [1.82, 2.24) is 10.3 Å². The van der Waals surface area contributed by atoms with Crippen LogP contribution in [0.4, 0.5) is 19.0 Å². The van der Waals surface area contributed by atoms with Gasteiger partial charge in [-0.05, 0) is 6.07 Å². The number of anilines is 1. The monoisotopic (exact) mass is 309 g/mol. The van der Waals surface area contributed by atoms with Gasteiger partial charge >= 0.3 is 6.18 Å². The van der Waals surface area contributed by atoms with E-state index in [4.69, 9.17) is 4.74 Å². The molecule has 2 aliphatic rings. The molecule has 0 radical (unpaired) electrons. The molecule has 1 aromatic heterocycles. The highest BCUT2D eigenvalue weighted by atomic mass is 35.5. The van der Waals surface area contributed by atoms with Gasteiger partial charge in [-0.15, -0.1) is 12.4 Å². The number of pyridine rings is 1. The second kappa shape index (κ2) is 5.65. The van der Waals surface area contributed by atoms with Crippen LogP contribution in [-0.2, 0) is 6.18 Å². The molecule has 0 aromatic carbocycles. The molecule has 1 aromatic rings. The van der Waals surface area contributed by atoms with E-state index in [2.05, 4.69) is 10.3 Å². The zero-order valence-corrected chi connectivity index (χ0v) is 11.4. The Bertz CT molecular complexity index is 484. The molecule has 20 heavy (non-hydrogen) atoms. The highest BCUT2D eigenvalue weighted by molar-refractivity contribution is 5.85. The maximum absolute atomic E-state index is 12.7. The van der Waals surface area contributed by atoms with Crippen LogP contribution in [0.1, 0.15) is 12.0 Å². The minimum absolute atomic E-state index is 0. The van der Waals surface area contributed by atoms with E-state index < -0.39 is 11.7 Å². The minimum atomic E-state index is -4.39. The third kappa shape index (κ3) is 2.78. The Morgan fingerprint density at radius 2 is 2.20 bits per heavy atom. The summed E-state index contributed by atoms with van der Waals surface area (Å²) in [5.74, 6) is 0.760. The second-order valence-corrected chi connectivity index (χ2v) is 4.73. The van der Waals surface area contributed by atoms with Gasteiger partial charge in [0.1, 0.15) is 0 Å². The summed E-state index contributed by atoms with van der Waals surface area (Å²) in [6, 6.07) is 1.28. The van der Waals surface area contributed by atoms with E-state index in [9.17, 15) is 13.2 Å². The Labute approximate surface area is 120 Å². The lowest BCUT2D eigenvalue weighted by Crippen LogP contribution is -2.51. The fourth-order valence-electron chi connectivity index (χ4n) is 2.52. The molecule has 0 aliphatic carbocycles. The third-order valence-electron chi connectivity index (χ3n) is 3.49. The standard InChI is InChI=1S/C12H14F3N3O.ClH/c13-12(14,15)8-5-10-11(17-6-8)18-3-2-16-7-9(18)1-4-19-10;/h5-6,9,16H,1-4,7H2;1H/t9-;/m1./s1. The molecule has 2 aliphatic heterocycles. The van der Waals surface area contributed by atoms with E-state index in [1.165, 1.54) is 0 Å². The molecule has 4 nitrogen and oxygen atoms in total. The summed E-state index contributed by atoms with van der Waals surface area (Å²) in [5.41, 5.74) is -0.764. The van der Waals surface area contributed by atoms with Gasteiger partial charge in [-0.2, -0.15) is 13.2 Å². The zero-order valence-electron chi connectivity index (χ0n) is 10.6. The maximum atomic E-state index is 12.7. The topological polar surface area (TPSA) is 37.4 Å². The Morgan fingerprint density at radius 1 is 1.40 bits per heavy atom. The molecule has 0 amide bonds. The molecule has 0 unspecified atom stereocenters. The summed E-state index contributed by atoms with van der Waals surface area (Å²) < 4.78 is 43.5. The quantitative estimate of drug-likeness (QED) is 0.796. The minimum Gasteiger partial charge on any atom is -0.490 e. The largest absolute Gasteiger partial charge is 0.490 e. The normalized spacial score (nSPS) is 21.9. The van der Waals surface area contributed by atoms with E-state index in [1.54, 1.807) is 0 Å². The molecule has 1 N–H and O–H groups in total. The predicted molar refractivity (Wildman–Crippen MR) is 70.6 cm³/mol. The van der Waals surface area contributed by atoms with Crippen molar-refractivity contribution in [3.8, 4) is 5.75 Å². The lowest BCUT2D eigenvalue weighted by atomic mass is 10.1. The van der Waals surface area contributed by atoms with Crippen LogP contribution in [0.5, 0.6) is 5.75 Å². The number of hydrogen-bond donors (Lipinski definition) is 1. The van der Waals surface area contributed by atoms with E-state index >= 15 is 0 Å². The zero-order chi connectivity index (χ0) is 13.5. The molecule has 0 bridgehead atoms. The lowest BCUT2D eigenvalue weighted by molar-refractivity contribution is -0.137. The van der Waals surface area contributed by atoms with Gasteiger partial charge in [0, 0.05) is 38.3 Å². The van der Waals surface area contributed by atoms with Crippen LogP contribution in [0.3, 0.4) is 0 Å². The van der Waals surface area contributed by atoms with E-state index in [-0.39, 0.29) is 24.2 Å². The molecule has 3 rings (SSSR count). The highest BCUT2D eigenvalue weighted by Gasteiger charge is 2.34. The smallest absolute Gasteiger partial charge is 0.418 e. The van der Waals surface area contributed by atoms with Gasteiger partial charge in [-0.25, -0.2) is 4.98 Å². The number of nitrogens with one attached hydrogen (secondary N) is 1. The molecule has 0 spiro atoms. The molecule has 8 heteroatoms. The first-order valence-corrected chi connectivity index (χ1v) is 6.23. The fraction of sp³-hybridized carbons (Fsp3) is 0.583. The summed E-state index contributed by atoms with van der Waals surface area (Å²) in [6.45, 7) is 2.77. The maximum Gasteiger partial charge on any atom is 0.418 e. The van der Waals surface area contributed by atoms with Crippen molar-refractivity contribution in [2.24, 2.45) is 0 Å². The summed E-state index contributed by atoms with van der Waals surface area (Å²) in [6.07, 6.45) is -2.72. The number of halogens is 4.